The number of pyridine rings is 1. The Labute approximate surface area is 137 Å². The lowest BCUT2D eigenvalue weighted by Gasteiger charge is -2.18. The molecule has 0 bridgehead atoms. The van der Waals surface area contributed by atoms with Crippen molar-refractivity contribution in [1.29, 1.82) is 0 Å². The summed E-state index contributed by atoms with van der Waals surface area (Å²) in [7, 11) is 1.22. The van der Waals surface area contributed by atoms with E-state index in [1.54, 1.807) is 24.3 Å². The van der Waals surface area contributed by atoms with Crippen LogP contribution < -0.4 is 11.2 Å². The van der Waals surface area contributed by atoms with Crippen LogP contribution in [0.15, 0.2) is 53.3 Å². The van der Waals surface area contributed by atoms with Crippen LogP contribution in [0.2, 0.25) is 0 Å². The van der Waals surface area contributed by atoms with Gasteiger partial charge in [-0.25, -0.2) is 9.18 Å². The number of ether oxygens (including phenoxy) is 1. The highest BCUT2D eigenvalue weighted by molar-refractivity contribution is 5.95. The number of fused-ring (bicyclic) bond motifs is 1. The summed E-state index contributed by atoms with van der Waals surface area (Å²) in [6.45, 7) is -0.135. The molecule has 0 fully saturated rings. The third kappa shape index (κ3) is 2.47. The SMILES string of the molecule is COC(=O)c1c(CN)c(=O)c2ccc(F)cc2n1-c1ccccc1. The van der Waals surface area contributed by atoms with Crippen molar-refractivity contribution in [3.05, 3.63) is 75.8 Å². The second-order valence-electron chi connectivity index (χ2n) is 5.18. The number of rotatable bonds is 3. The van der Waals surface area contributed by atoms with E-state index >= 15 is 0 Å². The average molecular weight is 326 g/mol. The molecule has 2 aromatic carbocycles. The second-order valence-corrected chi connectivity index (χ2v) is 5.18. The van der Waals surface area contributed by atoms with E-state index in [0.717, 1.165) is 0 Å². The van der Waals surface area contributed by atoms with Gasteiger partial charge in [0.05, 0.1) is 12.6 Å². The zero-order chi connectivity index (χ0) is 17.3. The summed E-state index contributed by atoms with van der Waals surface area (Å²) in [6.07, 6.45) is 0. The lowest BCUT2D eigenvalue weighted by molar-refractivity contribution is 0.0589. The van der Waals surface area contributed by atoms with E-state index in [1.807, 2.05) is 6.07 Å². The van der Waals surface area contributed by atoms with E-state index in [0.29, 0.717) is 5.69 Å². The minimum absolute atomic E-state index is 0.00861. The van der Waals surface area contributed by atoms with Crippen molar-refractivity contribution in [2.75, 3.05) is 7.11 Å². The van der Waals surface area contributed by atoms with E-state index in [-0.39, 0.29) is 28.7 Å². The Bertz CT molecular complexity index is 981. The van der Waals surface area contributed by atoms with Crippen molar-refractivity contribution < 1.29 is 13.9 Å². The number of nitrogens with zero attached hydrogens (tertiary/aromatic N) is 1. The van der Waals surface area contributed by atoms with Crippen molar-refractivity contribution in [1.82, 2.24) is 4.57 Å². The van der Waals surface area contributed by atoms with Crippen LogP contribution in [0, 0.1) is 5.82 Å². The number of carbonyl (C=O) groups is 1. The molecule has 0 radical (unpaired) electrons. The van der Waals surface area contributed by atoms with Crippen molar-refractivity contribution in [2.45, 2.75) is 6.54 Å². The minimum atomic E-state index is -0.706. The Morgan fingerprint density at radius 1 is 1.21 bits per heavy atom. The summed E-state index contributed by atoms with van der Waals surface area (Å²) < 4.78 is 20.1. The standard InChI is InChI=1S/C18H15FN2O3/c1-24-18(23)16-14(10-20)17(22)13-8-7-11(19)9-15(13)21(16)12-5-3-2-4-6-12/h2-9H,10,20H2,1H3. The predicted molar refractivity (Wildman–Crippen MR) is 88.7 cm³/mol. The number of methoxy groups -OCH3 is 1. The van der Waals surface area contributed by atoms with E-state index in [2.05, 4.69) is 0 Å². The smallest absolute Gasteiger partial charge is 0.355 e. The van der Waals surface area contributed by atoms with E-state index in [9.17, 15) is 14.0 Å². The third-order valence-corrected chi connectivity index (χ3v) is 3.83. The number of esters is 1. The molecule has 3 rings (SSSR count). The van der Waals surface area contributed by atoms with Crippen LogP contribution in [-0.4, -0.2) is 17.6 Å². The fourth-order valence-electron chi connectivity index (χ4n) is 2.75. The summed E-state index contributed by atoms with van der Waals surface area (Å²) in [5.74, 6) is -1.22. The Morgan fingerprint density at radius 3 is 2.54 bits per heavy atom. The average Bonchev–Trinajstić information content (AvgIpc) is 2.61. The van der Waals surface area contributed by atoms with Gasteiger partial charge in [-0.3, -0.25) is 4.79 Å². The van der Waals surface area contributed by atoms with Crippen LogP contribution in [0.3, 0.4) is 0 Å². The summed E-state index contributed by atoms with van der Waals surface area (Å²) in [5, 5.41) is 0.286. The number of nitrogens with two attached hydrogens (primary N) is 1. The van der Waals surface area contributed by atoms with Gasteiger partial charge in [-0.05, 0) is 30.3 Å². The number of aromatic nitrogens is 1. The highest BCUT2D eigenvalue weighted by Crippen LogP contribution is 2.23. The minimum Gasteiger partial charge on any atom is -0.464 e. The molecule has 122 valence electrons. The highest BCUT2D eigenvalue weighted by atomic mass is 19.1. The van der Waals surface area contributed by atoms with Gasteiger partial charge in [-0.2, -0.15) is 0 Å². The Morgan fingerprint density at radius 2 is 1.92 bits per heavy atom. The van der Waals surface area contributed by atoms with Gasteiger partial charge >= 0.3 is 5.97 Å². The number of halogens is 1. The molecule has 3 aromatic rings. The Balaban J connectivity index is 2.58. The van der Waals surface area contributed by atoms with Crippen molar-refractivity contribution in [3.8, 4) is 5.69 Å². The zero-order valence-corrected chi connectivity index (χ0v) is 13.0. The molecule has 0 amide bonds. The fourth-order valence-corrected chi connectivity index (χ4v) is 2.75. The fraction of sp³-hybridized carbons (Fsp3) is 0.111. The molecule has 0 atom stereocenters. The second kappa shape index (κ2) is 6.25. The molecule has 1 heterocycles. The molecule has 0 spiro atoms. The first-order chi connectivity index (χ1) is 11.6. The van der Waals surface area contributed by atoms with Crippen LogP contribution in [0.1, 0.15) is 16.1 Å². The number of hydrogen-bond acceptors (Lipinski definition) is 4. The first-order valence-electron chi connectivity index (χ1n) is 7.29. The van der Waals surface area contributed by atoms with Gasteiger partial charge in [-0.15, -0.1) is 0 Å². The van der Waals surface area contributed by atoms with E-state index in [4.69, 9.17) is 10.5 Å². The van der Waals surface area contributed by atoms with Gasteiger partial charge in [0.15, 0.2) is 5.43 Å². The van der Waals surface area contributed by atoms with Gasteiger partial charge in [0, 0.05) is 23.2 Å². The summed E-state index contributed by atoms with van der Waals surface area (Å²) >= 11 is 0. The number of carbonyl (C=O) groups excluding carboxylic acids is 1. The zero-order valence-electron chi connectivity index (χ0n) is 13.0. The maximum atomic E-state index is 13.8. The quantitative estimate of drug-likeness (QED) is 0.750. The summed E-state index contributed by atoms with van der Waals surface area (Å²) in [6, 6.07) is 12.7. The molecule has 0 unspecified atom stereocenters. The maximum Gasteiger partial charge on any atom is 0.355 e. The van der Waals surface area contributed by atoms with Crippen LogP contribution in [0.25, 0.3) is 16.6 Å². The Kier molecular flexibility index (Phi) is 4.14. The van der Waals surface area contributed by atoms with Crippen molar-refractivity contribution >= 4 is 16.9 Å². The first kappa shape index (κ1) is 15.9. The van der Waals surface area contributed by atoms with E-state index in [1.165, 1.54) is 29.9 Å². The molecule has 5 nitrogen and oxygen atoms in total. The number of benzene rings is 2. The molecule has 0 saturated carbocycles. The van der Waals surface area contributed by atoms with E-state index < -0.39 is 17.2 Å². The summed E-state index contributed by atoms with van der Waals surface area (Å²) in [5.41, 5.74) is 6.33. The molecule has 0 saturated heterocycles. The molecular formula is C18H15FN2O3. The molecule has 24 heavy (non-hydrogen) atoms. The number of hydrogen-bond donors (Lipinski definition) is 1. The highest BCUT2D eigenvalue weighted by Gasteiger charge is 2.23. The number of para-hydroxylation sites is 1. The molecule has 2 N–H and O–H groups in total. The summed E-state index contributed by atoms with van der Waals surface area (Å²) in [4.78, 5) is 25.0. The van der Waals surface area contributed by atoms with Gasteiger partial charge in [0.25, 0.3) is 0 Å². The first-order valence-corrected chi connectivity index (χ1v) is 7.29. The maximum absolute atomic E-state index is 13.8. The normalized spacial score (nSPS) is 10.8. The van der Waals surface area contributed by atoms with Crippen LogP contribution >= 0.6 is 0 Å². The monoisotopic (exact) mass is 326 g/mol. The lowest BCUT2D eigenvalue weighted by Crippen LogP contribution is -2.26. The third-order valence-electron chi connectivity index (χ3n) is 3.83. The van der Waals surface area contributed by atoms with Crippen LogP contribution in [0.5, 0.6) is 0 Å². The molecular weight excluding hydrogens is 311 g/mol. The molecule has 0 aliphatic rings. The van der Waals surface area contributed by atoms with Gasteiger partial charge < -0.3 is 15.0 Å². The van der Waals surface area contributed by atoms with Crippen molar-refractivity contribution in [2.24, 2.45) is 5.73 Å². The molecule has 0 aliphatic carbocycles. The predicted octanol–water partition coefficient (Wildman–Crippen LogP) is 2.38. The van der Waals surface area contributed by atoms with Crippen molar-refractivity contribution in [3.63, 3.8) is 0 Å². The van der Waals surface area contributed by atoms with Crippen LogP contribution in [0.4, 0.5) is 4.39 Å². The van der Waals surface area contributed by atoms with Crippen LogP contribution in [-0.2, 0) is 11.3 Å². The largest absolute Gasteiger partial charge is 0.464 e. The van der Waals surface area contributed by atoms with Gasteiger partial charge in [0.1, 0.15) is 11.5 Å². The molecule has 1 aromatic heterocycles. The van der Waals surface area contributed by atoms with Gasteiger partial charge in [-0.1, -0.05) is 18.2 Å². The topological polar surface area (TPSA) is 74.3 Å². The lowest BCUT2D eigenvalue weighted by atomic mass is 10.1. The molecule has 6 heteroatoms. The van der Waals surface area contributed by atoms with Gasteiger partial charge in [0.2, 0.25) is 0 Å². The molecule has 0 aliphatic heterocycles. The Hall–Kier alpha value is -2.99.